The van der Waals surface area contributed by atoms with Gasteiger partial charge in [-0.25, -0.2) is 0 Å². The van der Waals surface area contributed by atoms with Crippen LogP contribution in [0.2, 0.25) is 30.2 Å². The van der Waals surface area contributed by atoms with Crippen molar-refractivity contribution < 1.29 is 54.5 Å². The summed E-state index contributed by atoms with van der Waals surface area (Å²) in [7, 11) is -8.82. The molecule has 0 aliphatic carbocycles. The summed E-state index contributed by atoms with van der Waals surface area (Å²) in [5.74, 6) is 0. The fraction of sp³-hybridized carbons (Fsp3) is 1.00. The summed E-state index contributed by atoms with van der Waals surface area (Å²) in [6.07, 6.45) is 8.08. The Morgan fingerprint density at radius 1 is 0.353 bits per heavy atom. The first kappa shape index (κ1) is 61.3. The van der Waals surface area contributed by atoms with Crippen molar-refractivity contribution in [2.75, 3.05) is 26.4 Å². The van der Waals surface area contributed by atoms with Gasteiger partial charge in [0.1, 0.15) is 25.7 Å². The first-order chi connectivity index (χ1) is 22.1. The van der Waals surface area contributed by atoms with Gasteiger partial charge in [0.05, 0.1) is 0 Å². The first-order valence-corrected chi connectivity index (χ1v) is 25.2. The van der Waals surface area contributed by atoms with Gasteiger partial charge in [-0.05, 0) is 49.5 Å². The van der Waals surface area contributed by atoms with Crippen LogP contribution in [0.4, 0.5) is 0 Å². The van der Waals surface area contributed by atoms with Crippen molar-refractivity contribution in [3.8, 4) is 0 Å². The zero-order valence-corrected chi connectivity index (χ0v) is 42.9. The SMILES string of the molecule is CCCCO[Si]([O-])(C(C)(C)C)C(C)(C)C.CCCCO[Si]([O-])(C(C)(C)C)C(C)(C)C.CCCCO[Si]([O-])(C(C)(C)C)C(C)(C)C.CCCC[O-].[Ti+4]. The van der Waals surface area contributed by atoms with Gasteiger partial charge >= 0.3 is 21.7 Å². The molecule has 0 N–H and O–H groups in total. The van der Waals surface area contributed by atoms with Crippen LogP contribution in [0.25, 0.3) is 0 Å². The molecule has 0 aliphatic heterocycles. The van der Waals surface area contributed by atoms with E-state index in [0.29, 0.717) is 19.8 Å². The number of hydrogen-bond donors (Lipinski definition) is 0. The van der Waals surface area contributed by atoms with Gasteiger partial charge < -0.3 is 32.8 Å². The van der Waals surface area contributed by atoms with Gasteiger partial charge in [-0.3, -0.25) is 0 Å². The van der Waals surface area contributed by atoms with E-state index in [1.54, 1.807) is 0 Å². The minimum atomic E-state index is -2.94. The zero-order valence-electron chi connectivity index (χ0n) is 38.3. The van der Waals surface area contributed by atoms with E-state index in [4.69, 9.17) is 13.3 Å². The Hall–Kier alpha value is 1.08. The number of hydrogen-bond acceptors (Lipinski definition) is 7. The Bertz CT molecular complexity index is 683. The molecule has 7 nitrogen and oxygen atoms in total. The molecule has 0 rings (SSSR count). The standard InChI is InChI=1S/3C12H27O2Si.C4H9O.Ti/c3*1-8-9-10-14-15(13,11(2,3)4)12(5,6)7;1-2-3-4-5;/h3*8-10H2,1-7H3;2-4H2,1H3;/q4*-1;+4. The predicted octanol–water partition coefficient (Wildman–Crippen LogP) is 9.76. The third-order valence-electron chi connectivity index (χ3n) is 8.83. The molecule has 0 fully saturated rings. The van der Waals surface area contributed by atoms with Crippen LogP contribution in [0, 0.1) is 0 Å². The third-order valence-corrected chi connectivity index (χ3v) is 22.5. The summed E-state index contributed by atoms with van der Waals surface area (Å²) >= 11 is 0. The van der Waals surface area contributed by atoms with Crippen LogP contribution >= 0.6 is 0 Å². The van der Waals surface area contributed by atoms with Gasteiger partial charge in [0.25, 0.3) is 0 Å². The summed E-state index contributed by atoms with van der Waals surface area (Å²) in [4.78, 5) is 38.8. The molecule has 0 spiro atoms. The predicted molar refractivity (Wildman–Crippen MR) is 218 cm³/mol. The molecule has 308 valence electrons. The molecule has 0 bridgehead atoms. The van der Waals surface area contributed by atoms with Crippen molar-refractivity contribution in [1.82, 2.24) is 0 Å². The molecular weight excluding hydrogens is 725 g/mol. The fourth-order valence-corrected chi connectivity index (χ4v) is 16.5. The average molecular weight is 815 g/mol. The smallest absolute Gasteiger partial charge is 0.854 e. The quantitative estimate of drug-likeness (QED) is 0.127. The van der Waals surface area contributed by atoms with Crippen molar-refractivity contribution >= 4 is 25.7 Å². The molecule has 0 amide bonds. The van der Waals surface area contributed by atoms with Crippen molar-refractivity contribution in [1.29, 1.82) is 0 Å². The molecule has 0 saturated heterocycles. The first-order valence-electron chi connectivity index (χ1n) is 19.7. The molecular formula is C40H90O7Si3Ti. The van der Waals surface area contributed by atoms with Gasteiger partial charge in [-0.2, -0.15) is 0 Å². The summed E-state index contributed by atoms with van der Waals surface area (Å²) in [5, 5.41) is 8.02. The van der Waals surface area contributed by atoms with E-state index in [1.807, 2.05) is 132 Å². The van der Waals surface area contributed by atoms with Gasteiger partial charge in [0.2, 0.25) is 0 Å². The van der Waals surface area contributed by atoms with Crippen molar-refractivity contribution in [3.63, 3.8) is 0 Å². The van der Waals surface area contributed by atoms with Gasteiger partial charge in [0.15, 0.2) is 0 Å². The summed E-state index contributed by atoms with van der Waals surface area (Å²) in [5.41, 5.74) is 0. The van der Waals surface area contributed by atoms with Crippen molar-refractivity contribution in [2.45, 2.75) is 234 Å². The fourth-order valence-electron chi connectivity index (χ4n) is 5.90. The van der Waals surface area contributed by atoms with E-state index < -0.39 is 25.7 Å². The molecule has 11 heteroatoms. The van der Waals surface area contributed by atoms with Crippen molar-refractivity contribution in [3.05, 3.63) is 0 Å². The largest absolute Gasteiger partial charge is 4.00 e. The van der Waals surface area contributed by atoms with Crippen LogP contribution in [0.1, 0.15) is 204 Å². The topological polar surface area (TPSA) is 120 Å². The van der Waals surface area contributed by atoms with Crippen LogP contribution in [-0.2, 0) is 35.0 Å². The Balaban J connectivity index is -0.000000192. The summed E-state index contributed by atoms with van der Waals surface area (Å²) < 4.78 is 17.3. The Labute approximate surface area is 338 Å². The molecule has 0 atom stereocenters. The van der Waals surface area contributed by atoms with E-state index in [1.165, 1.54) is 0 Å². The van der Waals surface area contributed by atoms with Gasteiger partial charge in [-0.1, -0.05) is 184 Å². The minimum Gasteiger partial charge on any atom is -0.854 e. The van der Waals surface area contributed by atoms with E-state index in [0.717, 1.165) is 51.4 Å². The molecule has 0 aromatic carbocycles. The minimum absolute atomic E-state index is 0. The summed E-state index contributed by atoms with van der Waals surface area (Å²) in [6.45, 7) is 46.6. The maximum atomic E-state index is 12.9. The Kier molecular flexibility index (Phi) is 31.4. The Morgan fingerprint density at radius 2 is 0.510 bits per heavy atom. The summed E-state index contributed by atoms with van der Waals surface area (Å²) in [6, 6.07) is 0. The monoisotopic (exact) mass is 815 g/mol. The third kappa shape index (κ3) is 21.8. The van der Waals surface area contributed by atoms with E-state index >= 15 is 0 Å². The van der Waals surface area contributed by atoms with Crippen molar-refractivity contribution in [2.24, 2.45) is 0 Å². The van der Waals surface area contributed by atoms with E-state index in [-0.39, 0.29) is 58.6 Å². The molecule has 0 radical (unpaired) electrons. The van der Waals surface area contributed by atoms with E-state index in [2.05, 4.69) is 20.8 Å². The molecule has 0 heterocycles. The van der Waals surface area contributed by atoms with E-state index in [9.17, 15) is 19.5 Å². The second kappa shape index (κ2) is 26.1. The van der Waals surface area contributed by atoms with Crippen LogP contribution in [0.5, 0.6) is 0 Å². The van der Waals surface area contributed by atoms with Crippen LogP contribution in [0.15, 0.2) is 0 Å². The second-order valence-corrected chi connectivity index (χ2v) is 33.6. The number of rotatable bonds is 14. The normalized spacial score (nSPS) is 13.5. The average Bonchev–Trinajstić information content (AvgIpc) is 2.91. The van der Waals surface area contributed by atoms with Gasteiger partial charge in [-0.15, -0.1) is 6.61 Å². The second-order valence-electron chi connectivity index (χ2n) is 20.0. The van der Waals surface area contributed by atoms with Gasteiger partial charge in [0, 0.05) is 19.8 Å². The molecule has 0 aromatic heterocycles. The molecule has 51 heavy (non-hydrogen) atoms. The Morgan fingerprint density at radius 3 is 0.588 bits per heavy atom. The van der Waals surface area contributed by atoms with Crippen LogP contribution in [0.3, 0.4) is 0 Å². The molecule has 0 saturated carbocycles. The molecule has 0 aliphatic rings. The van der Waals surface area contributed by atoms with Crippen LogP contribution in [-0.4, -0.2) is 52.1 Å². The maximum absolute atomic E-state index is 12.9. The number of unbranched alkanes of at least 4 members (excludes halogenated alkanes) is 4. The molecule has 0 unspecified atom stereocenters. The van der Waals surface area contributed by atoms with Crippen LogP contribution < -0.4 is 19.5 Å². The zero-order chi connectivity index (χ0) is 41.1. The maximum Gasteiger partial charge on any atom is 4.00 e. The molecule has 0 aromatic rings.